The fourth-order valence-electron chi connectivity index (χ4n) is 2.04. The maximum atomic E-state index is 11.6. The number of benzene rings is 1. The van der Waals surface area contributed by atoms with Crippen molar-refractivity contribution in [3.05, 3.63) is 23.8 Å². The number of aryl methyl sites for hydroxylation is 1. The van der Waals surface area contributed by atoms with E-state index in [0.717, 1.165) is 25.1 Å². The van der Waals surface area contributed by atoms with Crippen molar-refractivity contribution in [2.75, 3.05) is 37.8 Å². The minimum atomic E-state index is 0. The average Bonchev–Trinajstić information content (AvgIpc) is 2.27. The lowest BCUT2D eigenvalue weighted by molar-refractivity contribution is -0.116. The molecule has 0 unspecified atom stereocenters. The molecule has 1 heterocycles. The third-order valence-electron chi connectivity index (χ3n) is 2.79. The first-order valence-electron chi connectivity index (χ1n) is 5.96. The molecule has 4 nitrogen and oxygen atoms in total. The molecule has 0 bridgehead atoms. The van der Waals surface area contributed by atoms with Crippen LogP contribution in [0.2, 0.25) is 0 Å². The van der Waals surface area contributed by atoms with Gasteiger partial charge >= 0.3 is 0 Å². The Kier molecular flexibility index (Phi) is 5.44. The summed E-state index contributed by atoms with van der Waals surface area (Å²) in [6.07, 6.45) is 2.24. The quantitative estimate of drug-likeness (QED) is 0.882. The summed E-state index contributed by atoms with van der Waals surface area (Å²) in [5.41, 5.74) is 3.38. The van der Waals surface area contributed by atoms with Gasteiger partial charge in [0.1, 0.15) is 0 Å². The third-order valence-corrected chi connectivity index (χ3v) is 2.79. The van der Waals surface area contributed by atoms with E-state index in [-0.39, 0.29) is 18.3 Å². The number of likely N-dealkylation sites (N-methyl/N-ethyl adjacent to an activating group) is 1. The second-order valence-corrected chi connectivity index (χ2v) is 4.69. The van der Waals surface area contributed by atoms with Crippen LogP contribution in [0.3, 0.4) is 0 Å². The van der Waals surface area contributed by atoms with Gasteiger partial charge in [-0.3, -0.25) is 4.79 Å². The van der Waals surface area contributed by atoms with Crippen LogP contribution in [-0.4, -0.2) is 38.0 Å². The maximum Gasteiger partial charge on any atom is 0.238 e. The lowest BCUT2D eigenvalue weighted by Crippen LogP contribution is -2.27. The van der Waals surface area contributed by atoms with Gasteiger partial charge in [-0.05, 0) is 50.7 Å². The van der Waals surface area contributed by atoms with Gasteiger partial charge in [0.25, 0.3) is 0 Å². The van der Waals surface area contributed by atoms with Crippen LogP contribution in [0.1, 0.15) is 12.0 Å². The first-order valence-corrected chi connectivity index (χ1v) is 5.96. The van der Waals surface area contributed by atoms with Crippen LogP contribution in [0.5, 0.6) is 0 Å². The van der Waals surface area contributed by atoms with Crippen LogP contribution in [-0.2, 0) is 11.2 Å². The van der Waals surface area contributed by atoms with Gasteiger partial charge in [-0.25, -0.2) is 0 Å². The summed E-state index contributed by atoms with van der Waals surface area (Å²) in [7, 11) is 3.77. The van der Waals surface area contributed by atoms with Gasteiger partial charge in [0.15, 0.2) is 0 Å². The van der Waals surface area contributed by atoms with Gasteiger partial charge in [-0.1, -0.05) is 0 Å². The number of nitrogens with zero attached hydrogens (tertiary/aromatic N) is 1. The Morgan fingerprint density at radius 1 is 1.44 bits per heavy atom. The zero-order valence-electron chi connectivity index (χ0n) is 10.8. The molecule has 1 amide bonds. The Bertz CT molecular complexity index is 421. The number of nitrogens with one attached hydrogen (secondary N) is 2. The van der Waals surface area contributed by atoms with Gasteiger partial charge in [0.2, 0.25) is 5.91 Å². The summed E-state index contributed by atoms with van der Waals surface area (Å²) in [6.45, 7) is 1.45. The van der Waals surface area contributed by atoms with Gasteiger partial charge < -0.3 is 15.5 Å². The molecule has 0 fully saturated rings. The van der Waals surface area contributed by atoms with Crippen LogP contribution >= 0.6 is 12.4 Å². The molecule has 0 atom stereocenters. The second kappa shape index (κ2) is 6.61. The predicted octanol–water partition coefficient (Wildman–Crippen LogP) is 1.97. The van der Waals surface area contributed by atoms with E-state index in [1.54, 1.807) is 0 Å². The highest BCUT2D eigenvalue weighted by Crippen LogP contribution is 2.24. The monoisotopic (exact) mass is 269 g/mol. The number of hydrogen-bond donors (Lipinski definition) is 2. The summed E-state index contributed by atoms with van der Waals surface area (Å²) < 4.78 is 0. The number of anilines is 2. The molecule has 1 aliphatic rings. The van der Waals surface area contributed by atoms with Crippen molar-refractivity contribution in [1.29, 1.82) is 0 Å². The van der Waals surface area contributed by atoms with E-state index in [1.807, 2.05) is 31.1 Å². The summed E-state index contributed by atoms with van der Waals surface area (Å²) >= 11 is 0. The third kappa shape index (κ3) is 3.89. The predicted molar refractivity (Wildman–Crippen MR) is 77.7 cm³/mol. The standard InChI is InChI=1S/C13H19N3O.ClH/c1-16(2)9-13(17)15-11-5-6-12-10(8-11)4-3-7-14-12;/h5-6,8,14H,3-4,7,9H2,1-2H3,(H,15,17);1H. The van der Waals surface area contributed by atoms with E-state index < -0.39 is 0 Å². The number of hydrogen-bond acceptors (Lipinski definition) is 3. The molecule has 18 heavy (non-hydrogen) atoms. The van der Waals surface area contributed by atoms with E-state index >= 15 is 0 Å². The van der Waals surface area contributed by atoms with Gasteiger partial charge in [-0.15, -0.1) is 12.4 Å². The lowest BCUT2D eigenvalue weighted by atomic mass is 10.0. The summed E-state index contributed by atoms with van der Waals surface area (Å²) in [5.74, 6) is 0.0266. The van der Waals surface area contributed by atoms with Gasteiger partial charge in [0, 0.05) is 17.9 Å². The van der Waals surface area contributed by atoms with Crippen molar-refractivity contribution in [1.82, 2.24) is 4.90 Å². The molecule has 2 rings (SSSR count). The van der Waals surface area contributed by atoms with Crippen LogP contribution < -0.4 is 10.6 Å². The highest BCUT2D eigenvalue weighted by Gasteiger charge is 2.10. The van der Waals surface area contributed by atoms with Gasteiger partial charge in [0.05, 0.1) is 6.54 Å². The number of fused-ring (bicyclic) bond motifs is 1. The Hall–Kier alpha value is -1.26. The Balaban J connectivity index is 0.00000162. The van der Waals surface area contributed by atoms with E-state index in [2.05, 4.69) is 16.7 Å². The van der Waals surface area contributed by atoms with Crippen molar-refractivity contribution in [3.8, 4) is 0 Å². The molecule has 0 aliphatic carbocycles. The molecular formula is C13H20ClN3O. The largest absolute Gasteiger partial charge is 0.385 e. The molecular weight excluding hydrogens is 250 g/mol. The van der Waals surface area contributed by atoms with E-state index in [1.165, 1.54) is 11.3 Å². The fraction of sp³-hybridized carbons (Fsp3) is 0.462. The lowest BCUT2D eigenvalue weighted by Gasteiger charge is -2.19. The van der Waals surface area contributed by atoms with Crippen molar-refractivity contribution in [2.45, 2.75) is 12.8 Å². The molecule has 0 spiro atoms. The van der Waals surface area contributed by atoms with E-state index in [4.69, 9.17) is 0 Å². The van der Waals surface area contributed by atoms with Crippen molar-refractivity contribution in [2.24, 2.45) is 0 Å². The first-order chi connectivity index (χ1) is 8.15. The zero-order chi connectivity index (χ0) is 12.3. The van der Waals surface area contributed by atoms with Crippen LogP contribution in [0.4, 0.5) is 11.4 Å². The Morgan fingerprint density at radius 2 is 2.22 bits per heavy atom. The molecule has 5 heteroatoms. The first kappa shape index (κ1) is 14.8. The highest BCUT2D eigenvalue weighted by molar-refractivity contribution is 5.92. The molecule has 1 aliphatic heterocycles. The summed E-state index contributed by atoms with van der Waals surface area (Å²) in [5, 5.41) is 6.27. The molecule has 0 aromatic heterocycles. The SMILES string of the molecule is CN(C)CC(=O)Nc1ccc2c(c1)CCCN2.Cl. The number of rotatable bonds is 3. The number of halogens is 1. The molecule has 2 N–H and O–H groups in total. The number of carbonyl (C=O) groups is 1. The van der Waals surface area contributed by atoms with Crippen molar-refractivity contribution >= 4 is 29.7 Å². The molecule has 100 valence electrons. The number of amides is 1. The minimum absolute atomic E-state index is 0. The number of carbonyl (C=O) groups excluding carboxylic acids is 1. The van der Waals surface area contributed by atoms with Crippen molar-refractivity contribution in [3.63, 3.8) is 0 Å². The van der Waals surface area contributed by atoms with Crippen LogP contribution in [0.25, 0.3) is 0 Å². The fourth-order valence-corrected chi connectivity index (χ4v) is 2.04. The highest BCUT2D eigenvalue weighted by atomic mass is 35.5. The Labute approximate surface area is 114 Å². The second-order valence-electron chi connectivity index (χ2n) is 4.69. The van der Waals surface area contributed by atoms with E-state index in [0.29, 0.717) is 6.54 Å². The normalized spacial score (nSPS) is 13.3. The molecule has 1 aromatic carbocycles. The van der Waals surface area contributed by atoms with Gasteiger partial charge in [-0.2, -0.15) is 0 Å². The summed E-state index contributed by atoms with van der Waals surface area (Å²) in [4.78, 5) is 13.5. The van der Waals surface area contributed by atoms with Crippen molar-refractivity contribution < 1.29 is 4.79 Å². The smallest absolute Gasteiger partial charge is 0.238 e. The van der Waals surface area contributed by atoms with E-state index in [9.17, 15) is 4.79 Å². The molecule has 0 radical (unpaired) electrons. The average molecular weight is 270 g/mol. The maximum absolute atomic E-state index is 11.6. The zero-order valence-corrected chi connectivity index (χ0v) is 11.6. The van der Waals surface area contributed by atoms with Crippen LogP contribution in [0, 0.1) is 0 Å². The Morgan fingerprint density at radius 3 is 2.94 bits per heavy atom. The topological polar surface area (TPSA) is 44.4 Å². The summed E-state index contributed by atoms with van der Waals surface area (Å²) in [6, 6.07) is 6.06. The molecule has 0 saturated carbocycles. The van der Waals surface area contributed by atoms with Crippen LogP contribution in [0.15, 0.2) is 18.2 Å². The minimum Gasteiger partial charge on any atom is -0.385 e. The molecule has 0 saturated heterocycles. The molecule has 1 aromatic rings.